The largest absolute Gasteiger partial charge is 0.480 e. The van der Waals surface area contributed by atoms with E-state index in [1.807, 2.05) is 0 Å². The quantitative estimate of drug-likeness (QED) is 0.0531. The van der Waals surface area contributed by atoms with E-state index in [0.29, 0.717) is 28.5 Å². The zero-order valence-electron chi connectivity index (χ0n) is 21.0. The van der Waals surface area contributed by atoms with Gasteiger partial charge in [0.1, 0.15) is 35.5 Å². The van der Waals surface area contributed by atoms with Crippen LogP contribution in [0.5, 0.6) is 0 Å². The Labute approximate surface area is 231 Å². The van der Waals surface area contributed by atoms with Crippen molar-refractivity contribution in [2.45, 2.75) is 35.3 Å². The number of hydrogen-bond donors (Lipinski definition) is 5. The zero-order chi connectivity index (χ0) is 28.6. The standard InChI is InChI=1S/C23H28N6O10S/c30-9-15-18(33)19(34)22(39-15)28-12-25-17-20(28)26-23(24-5-6-37-7-8-38-10-16(31)32)27-21(17)40-11-13-1-3-14(4-2-13)29(35)36/h1-4,12,15,18-19,22,30,33-34H,5-11H2,(H,31,32)(H,24,26,27)/t15-,18-,19-,22-/m1/s1. The topological polar surface area (TPSA) is 224 Å². The van der Waals surface area contributed by atoms with E-state index in [1.165, 1.54) is 34.8 Å². The van der Waals surface area contributed by atoms with Crippen LogP contribution in [0.1, 0.15) is 11.8 Å². The number of nitrogens with one attached hydrogen (secondary N) is 1. The lowest BCUT2D eigenvalue weighted by molar-refractivity contribution is -0.384. The fraction of sp³-hybridized carbons (Fsp3) is 0.478. The zero-order valence-corrected chi connectivity index (χ0v) is 21.8. The predicted octanol–water partition coefficient (Wildman–Crippen LogP) is 0.168. The molecule has 1 aliphatic heterocycles. The van der Waals surface area contributed by atoms with E-state index in [2.05, 4.69) is 20.3 Å². The molecule has 216 valence electrons. The molecule has 40 heavy (non-hydrogen) atoms. The van der Waals surface area contributed by atoms with Gasteiger partial charge in [0, 0.05) is 24.4 Å². The first-order valence-corrected chi connectivity index (χ1v) is 13.1. The van der Waals surface area contributed by atoms with Crippen LogP contribution in [0.3, 0.4) is 0 Å². The lowest BCUT2D eigenvalue weighted by Crippen LogP contribution is -2.33. The monoisotopic (exact) mass is 580 g/mol. The Kier molecular flexibility index (Phi) is 10.2. The highest BCUT2D eigenvalue weighted by Gasteiger charge is 2.44. The summed E-state index contributed by atoms with van der Waals surface area (Å²) >= 11 is 1.32. The fourth-order valence-corrected chi connectivity index (χ4v) is 4.77. The van der Waals surface area contributed by atoms with Crippen LogP contribution in [-0.4, -0.2) is 109 Å². The van der Waals surface area contributed by atoms with E-state index >= 15 is 0 Å². The van der Waals surface area contributed by atoms with Crippen molar-refractivity contribution in [3.63, 3.8) is 0 Å². The van der Waals surface area contributed by atoms with Gasteiger partial charge >= 0.3 is 5.97 Å². The molecule has 4 atom stereocenters. The molecular formula is C23H28N6O10S. The number of non-ortho nitro benzene ring substituents is 1. The number of fused-ring (bicyclic) bond motifs is 1. The number of benzene rings is 1. The van der Waals surface area contributed by atoms with Gasteiger partial charge in [0.2, 0.25) is 5.95 Å². The Hall–Kier alpha value is -3.45. The van der Waals surface area contributed by atoms with Crippen molar-refractivity contribution in [1.82, 2.24) is 19.5 Å². The number of aliphatic hydroxyl groups excluding tert-OH is 3. The first-order chi connectivity index (χ1) is 19.3. The van der Waals surface area contributed by atoms with Crippen LogP contribution in [0.2, 0.25) is 0 Å². The summed E-state index contributed by atoms with van der Waals surface area (Å²) in [5.74, 6) is -0.422. The summed E-state index contributed by atoms with van der Waals surface area (Å²) in [4.78, 5) is 34.4. The molecule has 0 amide bonds. The molecule has 0 saturated carbocycles. The summed E-state index contributed by atoms with van der Waals surface area (Å²) in [6, 6.07) is 6.14. The SMILES string of the molecule is O=C(O)COCCOCCNc1nc(SCc2ccc([N+](=O)[O-])cc2)c2ncn([C@@H]3O[C@H](CO)[C@@H](O)[C@H]3O)c2n1. The number of anilines is 1. The first-order valence-electron chi connectivity index (χ1n) is 12.1. The molecule has 17 heteroatoms. The maximum atomic E-state index is 10.9. The molecule has 0 radical (unpaired) electrons. The van der Waals surface area contributed by atoms with Gasteiger partial charge in [-0.2, -0.15) is 4.98 Å². The lowest BCUT2D eigenvalue weighted by Gasteiger charge is -2.17. The Morgan fingerprint density at radius 1 is 1.15 bits per heavy atom. The number of carbonyl (C=O) groups is 1. The molecule has 0 bridgehead atoms. The van der Waals surface area contributed by atoms with Gasteiger partial charge in [0.25, 0.3) is 5.69 Å². The second-order valence-corrected chi connectivity index (χ2v) is 9.57. The molecule has 2 aromatic heterocycles. The minimum Gasteiger partial charge on any atom is -0.480 e. The first kappa shape index (κ1) is 29.5. The summed E-state index contributed by atoms with van der Waals surface area (Å²) in [6.07, 6.45) is -3.28. The highest BCUT2D eigenvalue weighted by molar-refractivity contribution is 7.98. The van der Waals surface area contributed by atoms with Crippen LogP contribution in [-0.2, 0) is 24.8 Å². The fourth-order valence-electron chi connectivity index (χ4n) is 3.85. The summed E-state index contributed by atoms with van der Waals surface area (Å²) in [6.45, 7) is -0.0130. The van der Waals surface area contributed by atoms with Crippen LogP contribution in [0.4, 0.5) is 11.6 Å². The van der Waals surface area contributed by atoms with Crippen LogP contribution < -0.4 is 5.32 Å². The number of carboxylic acid groups (broad SMARTS) is 1. The maximum absolute atomic E-state index is 10.9. The lowest BCUT2D eigenvalue weighted by atomic mass is 10.1. The average Bonchev–Trinajstić information content (AvgIpc) is 3.49. The number of nitro groups is 1. The Morgan fingerprint density at radius 3 is 2.58 bits per heavy atom. The van der Waals surface area contributed by atoms with Crippen LogP contribution in [0.25, 0.3) is 11.2 Å². The van der Waals surface area contributed by atoms with Crippen LogP contribution in [0.15, 0.2) is 35.6 Å². The van der Waals surface area contributed by atoms with Crippen molar-refractivity contribution in [2.24, 2.45) is 0 Å². The Morgan fingerprint density at radius 2 is 1.90 bits per heavy atom. The van der Waals surface area contributed by atoms with Gasteiger partial charge < -0.3 is 40.0 Å². The number of thioether (sulfide) groups is 1. The average molecular weight is 581 g/mol. The second kappa shape index (κ2) is 13.8. The number of hydrogen-bond acceptors (Lipinski definition) is 14. The van der Waals surface area contributed by atoms with Crippen molar-refractivity contribution >= 4 is 40.5 Å². The number of nitro benzene ring substituents is 1. The Balaban J connectivity index is 1.50. The summed E-state index contributed by atoms with van der Waals surface area (Å²) in [5.41, 5.74) is 1.51. The smallest absolute Gasteiger partial charge is 0.329 e. The number of ether oxygens (including phenoxy) is 3. The van der Waals surface area contributed by atoms with Gasteiger partial charge in [-0.05, 0) is 5.56 Å². The van der Waals surface area contributed by atoms with Crippen molar-refractivity contribution in [3.05, 3.63) is 46.3 Å². The van der Waals surface area contributed by atoms with Crippen molar-refractivity contribution < 1.29 is 44.4 Å². The van der Waals surface area contributed by atoms with Gasteiger partial charge in [0.15, 0.2) is 11.9 Å². The molecule has 0 spiro atoms. The van der Waals surface area contributed by atoms with Crippen LogP contribution >= 0.6 is 11.8 Å². The molecule has 1 aromatic carbocycles. The number of aliphatic carboxylic acids is 1. The number of aromatic nitrogens is 4. The third-order valence-corrected chi connectivity index (χ3v) is 6.87. The van der Waals surface area contributed by atoms with Gasteiger partial charge in [0.05, 0.1) is 37.7 Å². The van der Waals surface area contributed by atoms with Crippen molar-refractivity contribution in [2.75, 3.05) is 44.9 Å². The minimum absolute atomic E-state index is 0.0161. The molecular weight excluding hydrogens is 552 g/mol. The molecule has 4 rings (SSSR count). The number of aliphatic hydroxyl groups is 3. The van der Waals surface area contributed by atoms with Gasteiger partial charge in [-0.15, -0.1) is 0 Å². The molecule has 0 unspecified atom stereocenters. The van der Waals surface area contributed by atoms with E-state index in [9.17, 15) is 30.2 Å². The molecule has 0 aliphatic carbocycles. The molecule has 16 nitrogen and oxygen atoms in total. The van der Waals surface area contributed by atoms with Gasteiger partial charge in [-0.1, -0.05) is 23.9 Å². The number of rotatable bonds is 15. The van der Waals surface area contributed by atoms with E-state index in [-0.39, 0.29) is 31.5 Å². The van der Waals surface area contributed by atoms with Gasteiger partial charge in [-0.25, -0.2) is 14.8 Å². The molecule has 1 fully saturated rings. The number of imidazole rings is 1. The van der Waals surface area contributed by atoms with Gasteiger partial charge in [-0.3, -0.25) is 14.7 Å². The highest BCUT2D eigenvalue weighted by Crippen LogP contribution is 2.34. The van der Waals surface area contributed by atoms with Crippen LogP contribution in [0, 0.1) is 10.1 Å². The maximum Gasteiger partial charge on any atom is 0.329 e. The van der Waals surface area contributed by atoms with Crippen molar-refractivity contribution in [3.8, 4) is 0 Å². The van der Waals surface area contributed by atoms with E-state index in [0.717, 1.165) is 5.56 Å². The van der Waals surface area contributed by atoms with E-state index in [4.69, 9.17) is 19.3 Å². The van der Waals surface area contributed by atoms with E-state index < -0.39 is 48.6 Å². The minimum atomic E-state index is -1.34. The predicted molar refractivity (Wildman–Crippen MR) is 139 cm³/mol. The number of nitrogens with zero attached hydrogens (tertiary/aromatic N) is 5. The molecule has 3 aromatic rings. The second-order valence-electron chi connectivity index (χ2n) is 8.60. The van der Waals surface area contributed by atoms with E-state index in [1.54, 1.807) is 12.1 Å². The summed E-state index contributed by atoms with van der Waals surface area (Å²) in [5, 5.41) is 53.2. The summed E-state index contributed by atoms with van der Waals surface area (Å²) < 4.78 is 17.4. The molecule has 3 heterocycles. The third kappa shape index (κ3) is 7.19. The highest BCUT2D eigenvalue weighted by atomic mass is 32.2. The third-order valence-electron chi connectivity index (χ3n) is 5.83. The molecule has 1 saturated heterocycles. The number of carboxylic acids is 1. The molecule has 5 N–H and O–H groups in total. The summed E-state index contributed by atoms with van der Waals surface area (Å²) in [7, 11) is 0. The van der Waals surface area contributed by atoms with Crippen molar-refractivity contribution in [1.29, 1.82) is 0 Å². The normalized spacial score (nSPS) is 20.7. The Bertz CT molecular complexity index is 1310. The molecule has 1 aliphatic rings.